The molecule has 1 saturated heterocycles. The molecule has 3 rings (SSSR count). The van der Waals surface area contributed by atoms with Crippen molar-refractivity contribution in [1.29, 1.82) is 0 Å². The molecule has 2 aromatic rings. The summed E-state index contributed by atoms with van der Waals surface area (Å²) in [7, 11) is 1.98. The van der Waals surface area contributed by atoms with Gasteiger partial charge >= 0.3 is 0 Å². The third-order valence-electron chi connectivity index (χ3n) is 4.10. The van der Waals surface area contributed by atoms with Crippen molar-refractivity contribution in [3.8, 4) is 11.1 Å². The van der Waals surface area contributed by atoms with Crippen LogP contribution in [0.4, 0.5) is 4.39 Å². The fourth-order valence-electron chi connectivity index (χ4n) is 2.95. The Balaban J connectivity index is 1.86. The van der Waals surface area contributed by atoms with Crippen molar-refractivity contribution in [2.24, 2.45) is 13.0 Å². The molecular formula is C16H20FN3. The molecule has 106 valence electrons. The summed E-state index contributed by atoms with van der Waals surface area (Å²) in [6.07, 6.45) is 5.42. The van der Waals surface area contributed by atoms with Crippen molar-refractivity contribution in [2.75, 3.05) is 13.1 Å². The van der Waals surface area contributed by atoms with Crippen molar-refractivity contribution >= 4 is 0 Å². The van der Waals surface area contributed by atoms with Crippen molar-refractivity contribution < 1.29 is 4.39 Å². The minimum atomic E-state index is -0.198. The molecule has 20 heavy (non-hydrogen) atoms. The molecule has 0 radical (unpaired) electrons. The average Bonchev–Trinajstić information content (AvgIpc) is 2.83. The minimum absolute atomic E-state index is 0.198. The lowest BCUT2D eigenvalue weighted by Crippen LogP contribution is -2.31. The number of hydrogen-bond donors (Lipinski definition) is 1. The maximum absolute atomic E-state index is 13.1. The van der Waals surface area contributed by atoms with E-state index in [2.05, 4.69) is 10.4 Å². The number of nitrogens with one attached hydrogen (secondary N) is 1. The molecule has 0 spiro atoms. The second-order valence-corrected chi connectivity index (χ2v) is 5.55. The third kappa shape index (κ3) is 2.75. The zero-order chi connectivity index (χ0) is 13.9. The van der Waals surface area contributed by atoms with Crippen LogP contribution in [0.5, 0.6) is 0 Å². The molecule has 0 aliphatic carbocycles. The lowest BCUT2D eigenvalue weighted by Gasteiger charge is -2.23. The highest BCUT2D eigenvalue weighted by Gasteiger charge is 2.18. The van der Waals surface area contributed by atoms with Crippen LogP contribution < -0.4 is 5.32 Å². The van der Waals surface area contributed by atoms with E-state index in [0.717, 1.165) is 30.6 Å². The van der Waals surface area contributed by atoms with Gasteiger partial charge in [0, 0.05) is 18.3 Å². The van der Waals surface area contributed by atoms with Gasteiger partial charge in [-0.05, 0) is 56.0 Å². The largest absolute Gasteiger partial charge is 0.316 e. The van der Waals surface area contributed by atoms with E-state index in [4.69, 9.17) is 0 Å². The monoisotopic (exact) mass is 273 g/mol. The summed E-state index contributed by atoms with van der Waals surface area (Å²) in [6, 6.07) is 6.67. The summed E-state index contributed by atoms with van der Waals surface area (Å²) in [6.45, 7) is 2.21. The highest BCUT2D eigenvalue weighted by Crippen LogP contribution is 2.27. The molecule has 0 bridgehead atoms. The van der Waals surface area contributed by atoms with Gasteiger partial charge in [0.1, 0.15) is 5.82 Å². The van der Waals surface area contributed by atoms with E-state index < -0.39 is 0 Å². The summed E-state index contributed by atoms with van der Waals surface area (Å²) >= 11 is 0. The number of piperidine rings is 1. The van der Waals surface area contributed by atoms with Crippen LogP contribution in [-0.2, 0) is 13.5 Å². The zero-order valence-corrected chi connectivity index (χ0v) is 11.8. The van der Waals surface area contributed by atoms with Crippen LogP contribution in [0.15, 0.2) is 30.5 Å². The van der Waals surface area contributed by atoms with Gasteiger partial charge in [-0.25, -0.2) is 4.39 Å². The predicted octanol–water partition coefficient (Wildman–Crippen LogP) is 2.77. The normalized spacial score (nSPS) is 19.2. The van der Waals surface area contributed by atoms with Crippen LogP contribution in [0.25, 0.3) is 11.1 Å². The van der Waals surface area contributed by atoms with Crippen LogP contribution in [-0.4, -0.2) is 22.9 Å². The second kappa shape index (κ2) is 5.75. The van der Waals surface area contributed by atoms with Crippen molar-refractivity contribution in [3.05, 3.63) is 42.0 Å². The Bertz CT molecular complexity index is 568. The van der Waals surface area contributed by atoms with E-state index in [1.54, 1.807) is 0 Å². The Morgan fingerprint density at radius 1 is 1.35 bits per heavy atom. The third-order valence-corrected chi connectivity index (χ3v) is 4.10. The van der Waals surface area contributed by atoms with Crippen LogP contribution in [0.1, 0.15) is 18.5 Å². The first-order valence-electron chi connectivity index (χ1n) is 7.21. The first kappa shape index (κ1) is 13.3. The lowest BCUT2D eigenvalue weighted by molar-refractivity contribution is 0.370. The molecule has 1 unspecified atom stereocenters. The molecule has 1 fully saturated rings. The Kier molecular flexibility index (Phi) is 3.83. The first-order valence-corrected chi connectivity index (χ1v) is 7.21. The Morgan fingerprint density at radius 3 is 2.85 bits per heavy atom. The van der Waals surface area contributed by atoms with Gasteiger partial charge in [0.15, 0.2) is 0 Å². The molecule has 0 amide bonds. The Morgan fingerprint density at radius 2 is 2.15 bits per heavy atom. The summed E-state index contributed by atoms with van der Waals surface area (Å²) in [5, 5.41) is 7.84. The number of hydrogen-bond acceptors (Lipinski definition) is 2. The van der Waals surface area contributed by atoms with Gasteiger partial charge in [0.25, 0.3) is 0 Å². The Labute approximate surface area is 118 Å². The molecule has 1 aromatic carbocycles. The standard InChI is InChI=1S/C16H20FN3/c1-20-16(9-12-3-2-8-18-10-12)15(11-19-20)13-4-6-14(17)7-5-13/h4-7,11-12,18H,2-3,8-10H2,1H3. The van der Waals surface area contributed by atoms with E-state index in [1.807, 2.05) is 30.1 Å². The maximum Gasteiger partial charge on any atom is 0.123 e. The van der Waals surface area contributed by atoms with E-state index in [0.29, 0.717) is 5.92 Å². The topological polar surface area (TPSA) is 29.9 Å². The van der Waals surface area contributed by atoms with Gasteiger partial charge in [0.2, 0.25) is 0 Å². The summed E-state index contributed by atoms with van der Waals surface area (Å²) in [5.41, 5.74) is 3.40. The zero-order valence-electron chi connectivity index (χ0n) is 11.8. The molecular weight excluding hydrogens is 253 g/mol. The quantitative estimate of drug-likeness (QED) is 0.932. The molecule has 0 saturated carbocycles. The van der Waals surface area contributed by atoms with Crippen molar-refractivity contribution in [2.45, 2.75) is 19.3 Å². The van der Waals surface area contributed by atoms with E-state index in [-0.39, 0.29) is 5.82 Å². The minimum Gasteiger partial charge on any atom is -0.316 e. The van der Waals surface area contributed by atoms with Gasteiger partial charge in [-0.15, -0.1) is 0 Å². The lowest BCUT2D eigenvalue weighted by atomic mass is 9.92. The number of benzene rings is 1. The van der Waals surface area contributed by atoms with Crippen molar-refractivity contribution in [3.63, 3.8) is 0 Å². The van der Waals surface area contributed by atoms with E-state index in [9.17, 15) is 4.39 Å². The van der Waals surface area contributed by atoms with Crippen molar-refractivity contribution in [1.82, 2.24) is 15.1 Å². The molecule has 1 atom stereocenters. The van der Waals surface area contributed by atoms with Crippen LogP contribution in [0.3, 0.4) is 0 Å². The number of aromatic nitrogens is 2. The number of halogens is 1. The molecule has 1 aliphatic heterocycles. The summed E-state index contributed by atoms with van der Waals surface area (Å²) in [5.74, 6) is 0.467. The number of rotatable bonds is 3. The van der Waals surface area contributed by atoms with Gasteiger partial charge < -0.3 is 5.32 Å². The fraction of sp³-hybridized carbons (Fsp3) is 0.438. The second-order valence-electron chi connectivity index (χ2n) is 5.55. The van der Waals surface area contributed by atoms with E-state index >= 15 is 0 Å². The molecule has 4 heteroatoms. The first-order chi connectivity index (χ1) is 9.74. The van der Waals surface area contributed by atoms with Gasteiger partial charge in [-0.1, -0.05) is 12.1 Å². The molecule has 1 aromatic heterocycles. The average molecular weight is 273 g/mol. The SMILES string of the molecule is Cn1ncc(-c2ccc(F)cc2)c1CC1CCCNC1. The van der Waals surface area contributed by atoms with Gasteiger partial charge in [0.05, 0.1) is 6.20 Å². The van der Waals surface area contributed by atoms with Crippen LogP contribution >= 0.6 is 0 Å². The smallest absolute Gasteiger partial charge is 0.123 e. The number of nitrogens with zero attached hydrogens (tertiary/aromatic N) is 2. The highest BCUT2D eigenvalue weighted by atomic mass is 19.1. The summed E-state index contributed by atoms with van der Waals surface area (Å²) in [4.78, 5) is 0. The van der Waals surface area contributed by atoms with Gasteiger partial charge in [-0.2, -0.15) is 5.10 Å². The van der Waals surface area contributed by atoms with Crippen LogP contribution in [0, 0.1) is 11.7 Å². The summed E-state index contributed by atoms with van der Waals surface area (Å²) < 4.78 is 15.0. The fourth-order valence-corrected chi connectivity index (χ4v) is 2.95. The predicted molar refractivity (Wildman–Crippen MR) is 77.9 cm³/mol. The van der Waals surface area contributed by atoms with Gasteiger partial charge in [-0.3, -0.25) is 4.68 Å². The molecule has 1 aliphatic rings. The molecule has 1 N–H and O–H groups in total. The maximum atomic E-state index is 13.1. The van der Waals surface area contributed by atoms with E-state index in [1.165, 1.54) is 30.7 Å². The Hall–Kier alpha value is -1.68. The number of aryl methyl sites for hydroxylation is 1. The molecule has 3 nitrogen and oxygen atoms in total. The highest BCUT2D eigenvalue weighted by molar-refractivity contribution is 5.65. The van der Waals surface area contributed by atoms with Crippen LogP contribution in [0.2, 0.25) is 0 Å². The molecule has 2 heterocycles.